The first-order valence-corrected chi connectivity index (χ1v) is 7.74. The molecule has 2 aromatic rings. The fourth-order valence-electron chi connectivity index (χ4n) is 1.73. The Morgan fingerprint density at radius 3 is 2.85 bits per heavy atom. The maximum Gasteiger partial charge on any atom is 0.225 e. The number of hydrogen-bond donors (Lipinski definition) is 1. The van der Waals surface area contributed by atoms with Crippen LogP contribution in [0.2, 0.25) is 0 Å². The van der Waals surface area contributed by atoms with Crippen molar-refractivity contribution in [2.45, 2.75) is 25.5 Å². The zero-order valence-corrected chi connectivity index (χ0v) is 12.3. The molecule has 0 aliphatic carbocycles. The lowest BCUT2D eigenvalue weighted by Gasteiger charge is -2.02. The van der Waals surface area contributed by atoms with Crippen molar-refractivity contribution in [1.82, 2.24) is 5.16 Å². The Labute approximate surface area is 122 Å². The molecule has 1 aromatic heterocycles. The Hall–Kier alpha value is -1.75. The number of anilines is 1. The highest BCUT2D eigenvalue weighted by atomic mass is 32.2. The minimum absolute atomic E-state index is 0.0152. The van der Waals surface area contributed by atoms with Crippen LogP contribution >= 0.6 is 11.8 Å². The average molecular weight is 290 g/mol. The molecule has 4 nitrogen and oxygen atoms in total. The molecule has 1 N–H and O–H groups in total. The molecule has 20 heavy (non-hydrogen) atoms. The van der Waals surface area contributed by atoms with Gasteiger partial charge in [0.25, 0.3) is 0 Å². The van der Waals surface area contributed by atoms with E-state index in [0.29, 0.717) is 18.0 Å². The predicted molar refractivity (Wildman–Crippen MR) is 81.7 cm³/mol. The summed E-state index contributed by atoms with van der Waals surface area (Å²) in [6.45, 7) is 1.79. The number of thioether (sulfide) groups is 1. The molecule has 106 valence electrons. The van der Waals surface area contributed by atoms with Crippen molar-refractivity contribution in [3.8, 4) is 0 Å². The molecule has 1 amide bonds. The van der Waals surface area contributed by atoms with Crippen LogP contribution in [0.1, 0.15) is 24.2 Å². The van der Waals surface area contributed by atoms with Gasteiger partial charge in [0.2, 0.25) is 5.91 Å². The minimum Gasteiger partial charge on any atom is -0.360 e. The van der Waals surface area contributed by atoms with Gasteiger partial charge in [-0.05, 0) is 24.7 Å². The van der Waals surface area contributed by atoms with E-state index in [9.17, 15) is 4.79 Å². The zero-order valence-electron chi connectivity index (χ0n) is 11.5. The van der Waals surface area contributed by atoms with Gasteiger partial charge in [-0.2, -0.15) is 11.8 Å². The van der Waals surface area contributed by atoms with Crippen LogP contribution in [-0.2, 0) is 10.5 Å². The summed E-state index contributed by atoms with van der Waals surface area (Å²) in [7, 11) is 0. The van der Waals surface area contributed by atoms with Gasteiger partial charge in [0.15, 0.2) is 5.82 Å². The monoisotopic (exact) mass is 290 g/mol. The number of nitrogens with zero attached hydrogens (tertiary/aromatic N) is 1. The molecular formula is C15H18N2O2S. The first kappa shape index (κ1) is 14.7. The number of benzene rings is 1. The third-order valence-electron chi connectivity index (χ3n) is 2.70. The van der Waals surface area contributed by atoms with Gasteiger partial charge in [0, 0.05) is 18.2 Å². The number of aromatic nitrogens is 1. The Morgan fingerprint density at radius 1 is 1.35 bits per heavy atom. The highest BCUT2D eigenvalue weighted by Gasteiger charge is 2.05. The zero-order chi connectivity index (χ0) is 14.2. The maximum atomic E-state index is 11.7. The maximum absolute atomic E-state index is 11.7. The lowest BCUT2D eigenvalue weighted by molar-refractivity contribution is -0.116. The minimum atomic E-state index is -0.0152. The van der Waals surface area contributed by atoms with Crippen molar-refractivity contribution in [2.24, 2.45) is 0 Å². The largest absolute Gasteiger partial charge is 0.360 e. The number of nitrogens with one attached hydrogen (secondary N) is 1. The molecule has 0 aliphatic rings. The van der Waals surface area contributed by atoms with Crippen molar-refractivity contribution in [1.29, 1.82) is 0 Å². The third kappa shape index (κ3) is 5.09. The SMILES string of the molecule is Cc1cc(NC(=O)CCCSCc2ccccc2)no1. The summed E-state index contributed by atoms with van der Waals surface area (Å²) in [6, 6.07) is 12.1. The standard InChI is InChI=1S/C15H18N2O2S/c1-12-10-14(17-19-12)16-15(18)8-5-9-20-11-13-6-3-2-4-7-13/h2-4,6-7,10H,5,8-9,11H2,1H3,(H,16,17,18). The van der Waals surface area contributed by atoms with Gasteiger partial charge in [0.05, 0.1) is 0 Å². The Bertz CT molecular complexity index is 540. The highest BCUT2D eigenvalue weighted by Crippen LogP contribution is 2.14. The van der Waals surface area contributed by atoms with E-state index in [2.05, 4.69) is 22.6 Å². The summed E-state index contributed by atoms with van der Waals surface area (Å²) in [6.07, 6.45) is 1.37. The summed E-state index contributed by atoms with van der Waals surface area (Å²) >= 11 is 1.84. The van der Waals surface area contributed by atoms with E-state index < -0.39 is 0 Å². The molecular weight excluding hydrogens is 272 g/mol. The second-order valence-electron chi connectivity index (χ2n) is 4.51. The van der Waals surface area contributed by atoms with Crippen LogP contribution in [0.4, 0.5) is 5.82 Å². The lowest BCUT2D eigenvalue weighted by Crippen LogP contribution is -2.11. The summed E-state index contributed by atoms with van der Waals surface area (Å²) < 4.78 is 4.89. The number of carbonyl (C=O) groups excluding carboxylic acids is 1. The molecule has 0 bridgehead atoms. The van der Waals surface area contributed by atoms with Crippen molar-refractivity contribution < 1.29 is 9.32 Å². The van der Waals surface area contributed by atoms with Gasteiger partial charge in [-0.1, -0.05) is 35.5 Å². The predicted octanol–water partition coefficient (Wildman–Crippen LogP) is 3.64. The molecule has 1 aromatic carbocycles. The second-order valence-corrected chi connectivity index (χ2v) is 5.62. The Kier molecular flexibility index (Phi) is 5.68. The van der Waals surface area contributed by atoms with Gasteiger partial charge in [-0.25, -0.2) is 0 Å². The van der Waals surface area contributed by atoms with Crippen LogP contribution < -0.4 is 5.32 Å². The number of aryl methyl sites for hydroxylation is 1. The Balaban J connectivity index is 1.58. The number of amides is 1. The summed E-state index contributed by atoms with van der Waals surface area (Å²) in [5.74, 6) is 3.13. The van der Waals surface area contributed by atoms with E-state index >= 15 is 0 Å². The van der Waals surface area contributed by atoms with Crippen molar-refractivity contribution in [3.05, 3.63) is 47.7 Å². The van der Waals surface area contributed by atoms with Crippen molar-refractivity contribution in [3.63, 3.8) is 0 Å². The van der Waals surface area contributed by atoms with Crippen LogP contribution in [0, 0.1) is 6.92 Å². The lowest BCUT2D eigenvalue weighted by atomic mass is 10.2. The molecule has 1 heterocycles. The summed E-state index contributed by atoms with van der Waals surface area (Å²) in [5.41, 5.74) is 1.32. The van der Waals surface area contributed by atoms with Gasteiger partial charge in [-0.15, -0.1) is 0 Å². The first-order valence-electron chi connectivity index (χ1n) is 6.59. The fourth-order valence-corrected chi connectivity index (χ4v) is 2.65. The fraction of sp³-hybridized carbons (Fsp3) is 0.333. The summed E-state index contributed by atoms with van der Waals surface area (Å²) in [4.78, 5) is 11.7. The smallest absolute Gasteiger partial charge is 0.225 e. The average Bonchev–Trinajstić information content (AvgIpc) is 2.85. The van der Waals surface area contributed by atoms with E-state index in [1.807, 2.05) is 30.0 Å². The van der Waals surface area contributed by atoms with Gasteiger partial charge >= 0.3 is 0 Å². The quantitative estimate of drug-likeness (QED) is 0.791. The molecule has 0 atom stereocenters. The number of hydrogen-bond acceptors (Lipinski definition) is 4. The van der Waals surface area contributed by atoms with Gasteiger partial charge in [-0.3, -0.25) is 4.79 Å². The molecule has 0 fully saturated rings. The molecule has 0 aliphatic heterocycles. The second kappa shape index (κ2) is 7.75. The molecule has 0 saturated heterocycles. The van der Waals surface area contributed by atoms with Gasteiger partial charge < -0.3 is 9.84 Å². The Morgan fingerprint density at radius 2 is 2.15 bits per heavy atom. The van der Waals surface area contributed by atoms with Crippen LogP contribution in [0.5, 0.6) is 0 Å². The van der Waals surface area contributed by atoms with Crippen LogP contribution in [-0.4, -0.2) is 16.8 Å². The van der Waals surface area contributed by atoms with E-state index in [4.69, 9.17) is 4.52 Å². The molecule has 2 rings (SSSR count). The van der Waals surface area contributed by atoms with Crippen LogP contribution in [0.3, 0.4) is 0 Å². The third-order valence-corrected chi connectivity index (χ3v) is 3.81. The topological polar surface area (TPSA) is 55.1 Å². The van der Waals surface area contributed by atoms with E-state index in [1.165, 1.54) is 5.56 Å². The molecule has 0 spiro atoms. The summed E-state index contributed by atoms with van der Waals surface area (Å²) in [5, 5.41) is 6.45. The first-order chi connectivity index (χ1) is 9.74. The molecule has 0 unspecified atom stereocenters. The molecule has 0 radical (unpaired) electrons. The van der Waals surface area contributed by atoms with Crippen molar-refractivity contribution in [2.75, 3.05) is 11.1 Å². The molecule has 5 heteroatoms. The number of rotatable bonds is 7. The van der Waals surface area contributed by atoms with E-state index in [0.717, 1.165) is 17.9 Å². The molecule has 0 saturated carbocycles. The van der Waals surface area contributed by atoms with Crippen molar-refractivity contribution >= 4 is 23.5 Å². The van der Waals surface area contributed by atoms with Crippen LogP contribution in [0.15, 0.2) is 40.9 Å². The number of carbonyl (C=O) groups is 1. The van der Waals surface area contributed by atoms with Gasteiger partial charge in [0.1, 0.15) is 5.76 Å². The van der Waals surface area contributed by atoms with E-state index in [1.54, 1.807) is 13.0 Å². The van der Waals surface area contributed by atoms with E-state index in [-0.39, 0.29) is 5.91 Å². The van der Waals surface area contributed by atoms with Crippen LogP contribution in [0.25, 0.3) is 0 Å². The highest BCUT2D eigenvalue weighted by molar-refractivity contribution is 7.98. The normalized spacial score (nSPS) is 10.4.